The SMILES string of the molecule is C[C@@H](NC(=O)COc1cc(O)c2c(c1)OC(C)(C)CC2=O)c1nnc2ccccn12. The van der Waals surface area contributed by atoms with Crippen LogP contribution in [0.25, 0.3) is 5.65 Å². The van der Waals surface area contributed by atoms with E-state index in [9.17, 15) is 14.7 Å². The lowest BCUT2D eigenvalue weighted by molar-refractivity contribution is -0.123. The molecule has 3 heterocycles. The van der Waals surface area contributed by atoms with Crippen LogP contribution >= 0.6 is 0 Å². The molecular weight excluding hydrogens is 388 g/mol. The van der Waals surface area contributed by atoms with Gasteiger partial charge in [-0.3, -0.25) is 14.0 Å². The van der Waals surface area contributed by atoms with Gasteiger partial charge < -0.3 is 19.9 Å². The van der Waals surface area contributed by atoms with E-state index in [-0.39, 0.29) is 47.5 Å². The van der Waals surface area contributed by atoms with E-state index in [1.54, 1.807) is 25.2 Å². The minimum atomic E-state index is -0.678. The molecule has 1 atom stereocenters. The number of nitrogens with zero attached hydrogens (tertiary/aromatic N) is 3. The van der Waals surface area contributed by atoms with E-state index in [1.807, 2.05) is 24.4 Å². The summed E-state index contributed by atoms with van der Waals surface area (Å²) >= 11 is 0. The normalized spacial score (nSPS) is 15.9. The lowest BCUT2D eigenvalue weighted by Gasteiger charge is -2.32. The number of benzene rings is 1. The number of carbonyl (C=O) groups excluding carboxylic acids is 2. The highest BCUT2D eigenvalue weighted by Gasteiger charge is 2.35. The molecule has 156 valence electrons. The van der Waals surface area contributed by atoms with Gasteiger partial charge in [-0.05, 0) is 32.9 Å². The summed E-state index contributed by atoms with van der Waals surface area (Å²) in [4.78, 5) is 24.6. The maximum atomic E-state index is 12.3. The molecule has 0 spiro atoms. The first kappa shape index (κ1) is 19.7. The zero-order valence-electron chi connectivity index (χ0n) is 16.9. The van der Waals surface area contributed by atoms with Crippen LogP contribution in [0.2, 0.25) is 0 Å². The molecule has 1 aliphatic rings. The Balaban J connectivity index is 1.43. The Bertz CT molecular complexity index is 1140. The van der Waals surface area contributed by atoms with Gasteiger partial charge in [-0.25, -0.2) is 0 Å². The lowest BCUT2D eigenvalue weighted by atomic mass is 9.92. The fourth-order valence-corrected chi connectivity index (χ4v) is 3.48. The molecule has 2 N–H and O–H groups in total. The van der Waals surface area contributed by atoms with Gasteiger partial charge in [0.2, 0.25) is 0 Å². The van der Waals surface area contributed by atoms with Crippen LogP contribution in [0.1, 0.15) is 49.4 Å². The second-order valence-electron chi connectivity index (χ2n) is 7.84. The molecule has 9 nitrogen and oxygen atoms in total. The predicted molar refractivity (Wildman–Crippen MR) is 107 cm³/mol. The van der Waals surface area contributed by atoms with Crippen LogP contribution in [0.15, 0.2) is 36.5 Å². The number of phenols is 1. The number of rotatable bonds is 5. The first-order chi connectivity index (χ1) is 14.2. The Morgan fingerprint density at radius 2 is 2.17 bits per heavy atom. The summed E-state index contributed by atoms with van der Waals surface area (Å²) in [6, 6.07) is 7.96. The van der Waals surface area contributed by atoms with Gasteiger partial charge in [-0.15, -0.1) is 10.2 Å². The number of aromatic hydroxyl groups is 1. The summed E-state index contributed by atoms with van der Waals surface area (Å²) in [5, 5.41) is 21.2. The quantitative estimate of drug-likeness (QED) is 0.664. The van der Waals surface area contributed by atoms with Crippen molar-refractivity contribution in [1.82, 2.24) is 19.9 Å². The Labute approximate surface area is 172 Å². The first-order valence-electron chi connectivity index (χ1n) is 9.54. The van der Waals surface area contributed by atoms with Gasteiger partial charge in [0.1, 0.15) is 28.4 Å². The summed E-state index contributed by atoms with van der Waals surface area (Å²) in [6.45, 7) is 5.10. The Hall–Kier alpha value is -3.62. The highest BCUT2D eigenvalue weighted by atomic mass is 16.5. The average Bonchev–Trinajstić information content (AvgIpc) is 3.09. The molecule has 2 aromatic heterocycles. The third-order valence-corrected chi connectivity index (χ3v) is 4.78. The molecule has 9 heteroatoms. The highest BCUT2D eigenvalue weighted by molar-refractivity contribution is 6.03. The number of carbonyl (C=O) groups is 2. The monoisotopic (exact) mass is 410 g/mol. The van der Waals surface area contributed by atoms with Crippen molar-refractivity contribution in [3.63, 3.8) is 0 Å². The first-order valence-corrected chi connectivity index (χ1v) is 9.54. The Morgan fingerprint density at radius 1 is 1.37 bits per heavy atom. The van der Waals surface area contributed by atoms with Crippen LogP contribution < -0.4 is 14.8 Å². The lowest BCUT2D eigenvalue weighted by Crippen LogP contribution is -2.36. The molecule has 0 radical (unpaired) electrons. The number of Topliss-reactive ketones (excluding diaryl/α,β-unsaturated/α-hetero) is 1. The smallest absolute Gasteiger partial charge is 0.258 e. The maximum Gasteiger partial charge on any atom is 0.258 e. The molecule has 3 aromatic rings. The number of ether oxygens (including phenoxy) is 2. The number of hydrogen-bond donors (Lipinski definition) is 2. The van der Waals surface area contributed by atoms with Crippen LogP contribution in [-0.2, 0) is 4.79 Å². The molecule has 0 saturated heterocycles. The van der Waals surface area contributed by atoms with Gasteiger partial charge in [0, 0.05) is 18.3 Å². The number of pyridine rings is 1. The van der Waals surface area contributed by atoms with E-state index in [0.29, 0.717) is 11.5 Å². The number of amides is 1. The van der Waals surface area contributed by atoms with Gasteiger partial charge in [-0.2, -0.15) is 0 Å². The van der Waals surface area contributed by atoms with Crippen LogP contribution in [0.4, 0.5) is 0 Å². The summed E-state index contributed by atoms with van der Waals surface area (Å²) in [7, 11) is 0. The van der Waals surface area contributed by atoms with E-state index >= 15 is 0 Å². The third kappa shape index (κ3) is 3.78. The van der Waals surface area contributed by atoms with Crippen LogP contribution in [0.5, 0.6) is 17.2 Å². The predicted octanol–water partition coefficient (Wildman–Crippen LogP) is 2.43. The molecule has 0 aliphatic carbocycles. The third-order valence-electron chi connectivity index (χ3n) is 4.78. The number of fused-ring (bicyclic) bond motifs is 2. The molecular formula is C21H22N4O5. The fourth-order valence-electron chi connectivity index (χ4n) is 3.48. The molecule has 1 aromatic carbocycles. The van der Waals surface area contributed by atoms with Crippen LogP contribution in [-0.4, -0.2) is 43.6 Å². The van der Waals surface area contributed by atoms with E-state index in [0.717, 1.165) is 0 Å². The van der Waals surface area contributed by atoms with Crippen molar-refractivity contribution in [2.24, 2.45) is 0 Å². The summed E-state index contributed by atoms with van der Waals surface area (Å²) in [5.74, 6) is 0.274. The van der Waals surface area contributed by atoms with E-state index < -0.39 is 11.6 Å². The summed E-state index contributed by atoms with van der Waals surface area (Å²) in [5.41, 5.74) is 0.147. The largest absolute Gasteiger partial charge is 0.507 e. The molecule has 0 bridgehead atoms. The van der Waals surface area contributed by atoms with Crippen molar-refractivity contribution in [2.75, 3.05) is 6.61 Å². The minimum Gasteiger partial charge on any atom is -0.507 e. The Morgan fingerprint density at radius 3 is 2.97 bits per heavy atom. The second kappa shape index (κ2) is 7.33. The van der Waals surface area contributed by atoms with Crippen molar-refractivity contribution in [3.05, 3.63) is 47.9 Å². The summed E-state index contributed by atoms with van der Waals surface area (Å²) in [6.07, 6.45) is 1.99. The van der Waals surface area contributed by atoms with Gasteiger partial charge in [-0.1, -0.05) is 6.07 Å². The Kier molecular flexibility index (Phi) is 4.81. The standard InChI is InChI=1S/C21H22N4O5/c1-12(20-24-23-17-6-4-5-7-25(17)20)22-18(28)11-29-13-8-14(26)19-15(27)10-21(2,3)30-16(19)9-13/h4-9,12,26H,10-11H2,1-3H3,(H,22,28)/t12-/m1/s1. The van der Waals surface area contributed by atoms with Crippen molar-refractivity contribution >= 4 is 17.3 Å². The van der Waals surface area contributed by atoms with Crippen LogP contribution in [0.3, 0.4) is 0 Å². The average molecular weight is 410 g/mol. The van der Waals surface area contributed by atoms with Gasteiger partial charge >= 0.3 is 0 Å². The fraction of sp³-hybridized carbons (Fsp3) is 0.333. The van der Waals surface area contributed by atoms with E-state index in [1.165, 1.54) is 12.1 Å². The number of ketones is 1. The molecule has 4 rings (SSSR count). The van der Waals surface area contributed by atoms with E-state index in [2.05, 4.69) is 15.5 Å². The van der Waals surface area contributed by atoms with Crippen molar-refractivity contribution in [1.29, 1.82) is 0 Å². The van der Waals surface area contributed by atoms with Crippen molar-refractivity contribution < 1.29 is 24.2 Å². The number of phenolic OH excluding ortho intramolecular Hbond substituents is 1. The number of hydrogen-bond acceptors (Lipinski definition) is 7. The zero-order chi connectivity index (χ0) is 21.5. The molecule has 0 fully saturated rings. The molecule has 1 amide bonds. The van der Waals surface area contributed by atoms with Gasteiger partial charge in [0.05, 0.1) is 12.5 Å². The van der Waals surface area contributed by atoms with Crippen molar-refractivity contribution in [2.45, 2.75) is 38.8 Å². The van der Waals surface area contributed by atoms with Gasteiger partial charge in [0.25, 0.3) is 5.91 Å². The highest BCUT2D eigenvalue weighted by Crippen LogP contribution is 2.40. The minimum absolute atomic E-state index is 0.137. The van der Waals surface area contributed by atoms with Gasteiger partial charge in [0.15, 0.2) is 23.9 Å². The molecule has 0 saturated carbocycles. The molecule has 0 unspecified atom stereocenters. The van der Waals surface area contributed by atoms with E-state index in [4.69, 9.17) is 9.47 Å². The second-order valence-corrected chi connectivity index (χ2v) is 7.84. The maximum absolute atomic E-state index is 12.3. The number of aromatic nitrogens is 3. The number of nitrogens with one attached hydrogen (secondary N) is 1. The topological polar surface area (TPSA) is 115 Å². The molecule has 30 heavy (non-hydrogen) atoms. The summed E-state index contributed by atoms with van der Waals surface area (Å²) < 4.78 is 13.1. The van der Waals surface area contributed by atoms with Crippen LogP contribution in [0, 0.1) is 0 Å². The molecule has 1 aliphatic heterocycles. The van der Waals surface area contributed by atoms with Crippen molar-refractivity contribution in [3.8, 4) is 17.2 Å². The zero-order valence-corrected chi connectivity index (χ0v) is 16.9.